The van der Waals surface area contributed by atoms with E-state index in [0.29, 0.717) is 18.8 Å². The largest absolute Gasteiger partial charge is 0.356 e. The highest BCUT2D eigenvalue weighted by Crippen LogP contribution is 2.20. The number of nitrogens with zero attached hydrogens (tertiary/aromatic N) is 2. The zero-order chi connectivity index (χ0) is 14.4. The van der Waals surface area contributed by atoms with Crippen LogP contribution in [0.1, 0.15) is 25.3 Å². The van der Waals surface area contributed by atoms with Crippen LogP contribution in [0.2, 0.25) is 0 Å². The van der Waals surface area contributed by atoms with Gasteiger partial charge in [0.25, 0.3) is 0 Å². The Kier molecular flexibility index (Phi) is 5.24. The highest BCUT2D eigenvalue weighted by molar-refractivity contribution is 7.09. The smallest absolute Gasteiger partial charge is 0.220 e. The molecule has 0 saturated carbocycles. The van der Waals surface area contributed by atoms with Crippen LogP contribution < -0.4 is 5.32 Å². The van der Waals surface area contributed by atoms with Gasteiger partial charge >= 0.3 is 0 Å². The summed E-state index contributed by atoms with van der Waals surface area (Å²) < 4.78 is 0. The van der Waals surface area contributed by atoms with Crippen LogP contribution in [-0.2, 0) is 11.2 Å². The van der Waals surface area contributed by atoms with Gasteiger partial charge in [-0.1, -0.05) is 19.9 Å². The van der Waals surface area contributed by atoms with Crippen LogP contribution in [0.4, 0.5) is 0 Å². The second kappa shape index (κ2) is 7.14. The molecule has 0 aliphatic rings. The van der Waals surface area contributed by atoms with Gasteiger partial charge in [0.1, 0.15) is 0 Å². The molecule has 2 heterocycles. The molecule has 2 aromatic heterocycles. The summed E-state index contributed by atoms with van der Waals surface area (Å²) in [6.07, 6.45) is 2.93. The van der Waals surface area contributed by atoms with Crippen molar-refractivity contribution >= 4 is 17.2 Å². The highest BCUT2D eigenvalue weighted by atomic mass is 32.1. The molecule has 0 unspecified atom stereocenters. The highest BCUT2D eigenvalue weighted by Gasteiger charge is 2.08. The van der Waals surface area contributed by atoms with Gasteiger partial charge in [-0.05, 0) is 18.1 Å². The molecule has 0 fully saturated rings. The third-order valence-corrected chi connectivity index (χ3v) is 3.66. The van der Waals surface area contributed by atoms with Crippen molar-refractivity contribution in [1.29, 1.82) is 0 Å². The van der Waals surface area contributed by atoms with E-state index in [-0.39, 0.29) is 5.91 Å². The minimum Gasteiger partial charge on any atom is -0.356 e. The maximum absolute atomic E-state index is 11.7. The molecule has 1 amide bonds. The number of hydrogen-bond donors (Lipinski definition) is 1. The standard InChI is InChI=1S/C15H19N3OS/c1-11(2)9-17-14(19)6-7-15-18-13(10-20-15)12-5-3-4-8-16-12/h3-5,8,10-11H,6-7,9H2,1-2H3,(H,17,19). The predicted molar refractivity (Wildman–Crippen MR) is 81.5 cm³/mol. The fraction of sp³-hybridized carbons (Fsp3) is 0.400. The molecule has 5 heteroatoms. The Morgan fingerprint density at radius 2 is 2.20 bits per heavy atom. The lowest BCUT2D eigenvalue weighted by Crippen LogP contribution is -2.27. The second-order valence-electron chi connectivity index (χ2n) is 5.04. The second-order valence-corrected chi connectivity index (χ2v) is 5.98. The van der Waals surface area contributed by atoms with Crippen molar-refractivity contribution in [3.05, 3.63) is 34.8 Å². The number of nitrogens with one attached hydrogen (secondary N) is 1. The number of thiazole rings is 1. The molecule has 106 valence electrons. The van der Waals surface area contributed by atoms with Crippen LogP contribution in [0.3, 0.4) is 0 Å². The Morgan fingerprint density at radius 3 is 2.90 bits per heavy atom. The summed E-state index contributed by atoms with van der Waals surface area (Å²) in [4.78, 5) is 20.4. The van der Waals surface area contributed by atoms with Crippen molar-refractivity contribution in [2.45, 2.75) is 26.7 Å². The number of amides is 1. The molecule has 4 nitrogen and oxygen atoms in total. The Bertz CT molecular complexity index is 551. The van der Waals surface area contributed by atoms with Gasteiger partial charge in [-0.2, -0.15) is 0 Å². The van der Waals surface area contributed by atoms with E-state index in [1.807, 2.05) is 23.6 Å². The number of rotatable bonds is 6. The summed E-state index contributed by atoms with van der Waals surface area (Å²) in [5.41, 5.74) is 1.76. The molecule has 0 radical (unpaired) electrons. The fourth-order valence-corrected chi connectivity index (χ4v) is 2.48. The minimum atomic E-state index is 0.0910. The molecule has 20 heavy (non-hydrogen) atoms. The van der Waals surface area contributed by atoms with Crippen LogP contribution in [0.15, 0.2) is 29.8 Å². The van der Waals surface area contributed by atoms with Crippen molar-refractivity contribution in [3.8, 4) is 11.4 Å². The molecule has 0 aliphatic heterocycles. The third-order valence-electron chi connectivity index (χ3n) is 2.75. The summed E-state index contributed by atoms with van der Waals surface area (Å²) in [5, 5.41) is 5.88. The van der Waals surface area contributed by atoms with E-state index in [1.54, 1.807) is 17.5 Å². The zero-order valence-electron chi connectivity index (χ0n) is 11.8. The molecule has 0 saturated heterocycles. The van der Waals surface area contributed by atoms with E-state index >= 15 is 0 Å². The van der Waals surface area contributed by atoms with Crippen molar-refractivity contribution in [2.75, 3.05) is 6.54 Å². The van der Waals surface area contributed by atoms with Gasteiger partial charge in [-0.25, -0.2) is 4.98 Å². The van der Waals surface area contributed by atoms with Crippen molar-refractivity contribution in [2.24, 2.45) is 5.92 Å². The van der Waals surface area contributed by atoms with Crippen LogP contribution in [0.25, 0.3) is 11.4 Å². The maximum Gasteiger partial charge on any atom is 0.220 e. The maximum atomic E-state index is 11.7. The first kappa shape index (κ1) is 14.7. The van der Waals surface area contributed by atoms with Crippen molar-refractivity contribution in [3.63, 3.8) is 0 Å². The molecular formula is C15H19N3OS. The van der Waals surface area contributed by atoms with E-state index in [4.69, 9.17) is 0 Å². The van der Waals surface area contributed by atoms with Gasteiger partial charge in [0.2, 0.25) is 5.91 Å². The molecular weight excluding hydrogens is 270 g/mol. The van der Waals surface area contributed by atoms with Gasteiger partial charge in [0.05, 0.1) is 16.4 Å². The van der Waals surface area contributed by atoms with E-state index in [9.17, 15) is 4.79 Å². The van der Waals surface area contributed by atoms with Gasteiger partial charge in [-0.15, -0.1) is 11.3 Å². The van der Waals surface area contributed by atoms with Crippen LogP contribution in [0.5, 0.6) is 0 Å². The minimum absolute atomic E-state index is 0.0910. The SMILES string of the molecule is CC(C)CNC(=O)CCc1nc(-c2ccccn2)cs1. The predicted octanol–water partition coefficient (Wildman–Crippen LogP) is 2.91. The zero-order valence-corrected chi connectivity index (χ0v) is 12.6. The fourth-order valence-electron chi connectivity index (χ4n) is 1.68. The van der Waals surface area contributed by atoms with Gasteiger partial charge < -0.3 is 5.32 Å². The topological polar surface area (TPSA) is 54.9 Å². The first-order valence-corrected chi connectivity index (χ1v) is 7.65. The lowest BCUT2D eigenvalue weighted by molar-refractivity contribution is -0.121. The van der Waals surface area contributed by atoms with Crippen LogP contribution >= 0.6 is 11.3 Å². The van der Waals surface area contributed by atoms with Crippen LogP contribution in [0, 0.1) is 5.92 Å². The molecule has 0 aliphatic carbocycles. The summed E-state index contributed by atoms with van der Waals surface area (Å²) in [6, 6.07) is 5.77. The Hall–Kier alpha value is -1.75. The molecule has 2 rings (SSSR count). The average molecular weight is 289 g/mol. The van der Waals surface area contributed by atoms with E-state index < -0.39 is 0 Å². The molecule has 1 N–H and O–H groups in total. The number of aryl methyl sites for hydroxylation is 1. The third kappa shape index (κ3) is 4.42. The summed E-state index contributed by atoms with van der Waals surface area (Å²) in [5.74, 6) is 0.572. The molecule has 0 aromatic carbocycles. The van der Waals surface area contributed by atoms with Gasteiger partial charge in [0, 0.05) is 31.0 Å². The van der Waals surface area contributed by atoms with Crippen molar-refractivity contribution in [1.82, 2.24) is 15.3 Å². The normalized spacial score (nSPS) is 10.8. The number of carbonyl (C=O) groups is 1. The quantitative estimate of drug-likeness (QED) is 0.889. The van der Waals surface area contributed by atoms with E-state index in [2.05, 4.69) is 29.1 Å². The number of pyridine rings is 1. The van der Waals surface area contributed by atoms with Gasteiger partial charge in [0.15, 0.2) is 0 Å². The Labute approximate surface area is 123 Å². The number of aromatic nitrogens is 2. The summed E-state index contributed by atoms with van der Waals surface area (Å²) in [7, 11) is 0. The van der Waals surface area contributed by atoms with Crippen LogP contribution in [-0.4, -0.2) is 22.4 Å². The lowest BCUT2D eigenvalue weighted by Gasteiger charge is -2.06. The van der Waals surface area contributed by atoms with E-state index in [1.165, 1.54) is 0 Å². The van der Waals surface area contributed by atoms with Gasteiger partial charge in [-0.3, -0.25) is 9.78 Å². The number of carbonyl (C=O) groups excluding carboxylic acids is 1. The van der Waals surface area contributed by atoms with Crippen molar-refractivity contribution < 1.29 is 4.79 Å². The first-order chi connectivity index (χ1) is 9.65. The summed E-state index contributed by atoms with van der Waals surface area (Å²) in [6.45, 7) is 4.90. The molecule has 0 bridgehead atoms. The average Bonchev–Trinajstić information content (AvgIpc) is 2.93. The summed E-state index contributed by atoms with van der Waals surface area (Å²) >= 11 is 1.58. The first-order valence-electron chi connectivity index (χ1n) is 6.77. The Balaban J connectivity index is 1.86. The lowest BCUT2D eigenvalue weighted by atomic mass is 10.2. The monoisotopic (exact) mass is 289 g/mol. The number of hydrogen-bond acceptors (Lipinski definition) is 4. The van der Waals surface area contributed by atoms with E-state index in [0.717, 1.165) is 22.9 Å². The molecule has 0 atom stereocenters. The molecule has 2 aromatic rings. The Morgan fingerprint density at radius 1 is 1.35 bits per heavy atom. The molecule has 0 spiro atoms.